The molecular weight excluding hydrogens is 276 g/mol. The first kappa shape index (κ1) is 13.2. The monoisotopic (exact) mass is 292 g/mol. The lowest BCUT2D eigenvalue weighted by atomic mass is 9.78. The standard InChI is InChI=1S/C18H16N2O2/c1-22-14-7-4-6-12(9-14)16-11-19-20-18(16)10-13-5-2-3-8-15(13)17(18)21/h2-9,16H,10-11H2,1H3. The van der Waals surface area contributed by atoms with E-state index in [4.69, 9.17) is 4.74 Å². The average molecular weight is 292 g/mol. The fourth-order valence-electron chi connectivity index (χ4n) is 3.57. The Bertz CT molecular complexity index is 784. The van der Waals surface area contributed by atoms with Gasteiger partial charge in [-0.25, -0.2) is 0 Å². The number of hydrogen-bond acceptors (Lipinski definition) is 4. The lowest BCUT2D eigenvalue weighted by Gasteiger charge is -2.25. The van der Waals surface area contributed by atoms with Crippen molar-refractivity contribution in [3.8, 4) is 5.75 Å². The number of carbonyl (C=O) groups excluding carboxylic acids is 1. The highest BCUT2D eigenvalue weighted by atomic mass is 16.5. The Balaban J connectivity index is 1.79. The predicted octanol–water partition coefficient (Wildman–Crippen LogP) is 3.42. The molecule has 4 nitrogen and oxygen atoms in total. The number of nitrogens with zero attached hydrogens (tertiary/aromatic N) is 2. The summed E-state index contributed by atoms with van der Waals surface area (Å²) in [5.74, 6) is 0.863. The Morgan fingerprint density at radius 2 is 2.05 bits per heavy atom. The molecular formula is C18H16N2O2. The molecule has 110 valence electrons. The van der Waals surface area contributed by atoms with Crippen LogP contribution in [0, 0.1) is 0 Å². The van der Waals surface area contributed by atoms with Crippen molar-refractivity contribution in [2.75, 3.05) is 13.7 Å². The van der Waals surface area contributed by atoms with E-state index in [0.29, 0.717) is 13.0 Å². The van der Waals surface area contributed by atoms with Crippen molar-refractivity contribution in [1.82, 2.24) is 0 Å². The van der Waals surface area contributed by atoms with E-state index in [9.17, 15) is 4.79 Å². The lowest BCUT2D eigenvalue weighted by molar-refractivity contribution is 0.0897. The topological polar surface area (TPSA) is 51.0 Å². The van der Waals surface area contributed by atoms with Crippen LogP contribution in [0.15, 0.2) is 58.8 Å². The van der Waals surface area contributed by atoms with Gasteiger partial charge >= 0.3 is 0 Å². The van der Waals surface area contributed by atoms with Gasteiger partial charge in [-0.15, -0.1) is 0 Å². The number of fused-ring (bicyclic) bond motifs is 1. The molecule has 0 fully saturated rings. The van der Waals surface area contributed by atoms with Crippen LogP contribution in [0.4, 0.5) is 0 Å². The number of ketones is 1. The highest BCUT2D eigenvalue weighted by molar-refractivity contribution is 6.08. The van der Waals surface area contributed by atoms with Crippen LogP contribution in [-0.2, 0) is 6.42 Å². The molecule has 2 aromatic carbocycles. The Labute approximate surface area is 128 Å². The molecule has 1 heterocycles. The van der Waals surface area contributed by atoms with E-state index in [2.05, 4.69) is 10.2 Å². The largest absolute Gasteiger partial charge is 0.497 e. The van der Waals surface area contributed by atoms with Crippen LogP contribution in [-0.4, -0.2) is 25.0 Å². The molecule has 0 amide bonds. The lowest BCUT2D eigenvalue weighted by Crippen LogP contribution is -2.38. The third-order valence-electron chi connectivity index (χ3n) is 4.70. The molecule has 4 heteroatoms. The molecule has 2 aromatic rings. The van der Waals surface area contributed by atoms with Crippen LogP contribution >= 0.6 is 0 Å². The summed E-state index contributed by atoms with van der Waals surface area (Å²) in [7, 11) is 1.65. The molecule has 0 saturated carbocycles. The number of carbonyl (C=O) groups is 1. The molecule has 0 N–H and O–H groups in total. The summed E-state index contributed by atoms with van der Waals surface area (Å²) in [5, 5.41) is 8.64. The molecule has 1 spiro atoms. The zero-order chi connectivity index (χ0) is 15.2. The van der Waals surface area contributed by atoms with E-state index in [-0.39, 0.29) is 11.7 Å². The maximum atomic E-state index is 13.0. The smallest absolute Gasteiger partial charge is 0.193 e. The second-order valence-electron chi connectivity index (χ2n) is 5.84. The van der Waals surface area contributed by atoms with Crippen molar-refractivity contribution in [3.63, 3.8) is 0 Å². The van der Waals surface area contributed by atoms with E-state index >= 15 is 0 Å². The Kier molecular flexibility index (Phi) is 2.86. The molecule has 2 atom stereocenters. The van der Waals surface area contributed by atoms with Crippen LogP contribution in [0.5, 0.6) is 5.75 Å². The zero-order valence-electron chi connectivity index (χ0n) is 12.3. The fourth-order valence-corrected chi connectivity index (χ4v) is 3.57. The second-order valence-corrected chi connectivity index (χ2v) is 5.84. The first-order valence-electron chi connectivity index (χ1n) is 7.40. The molecule has 1 aliphatic heterocycles. The number of azo groups is 1. The van der Waals surface area contributed by atoms with Gasteiger partial charge in [0.05, 0.1) is 13.7 Å². The van der Waals surface area contributed by atoms with Crippen molar-refractivity contribution in [1.29, 1.82) is 0 Å². The van der Waals surface area contributed by atoms with Crippen LogP contribution in [0.1, 0.15) is 27.4 Å². The van der Waals surface area contributed by atoms with Crippen LogP contribution in [0.2, 0.25) is 0 Å². The van der Waals surface area contributed by atoms with Crippen LogP contribution in [0.25, 0.3) is 0 Å². The van der Waals surface area contributed by atoms with Gasteiger partial charge in [0.25, 0.3) is 0 Å². The summed E-state index contributed by atoms with van der Waals surface area (Å²) in [6.45, 7) is 0.549. The Morgan fingerprint density at radius 3 is 2.86 bits per heavy atom. The summed E-state index contributed by atoms with van der Waals surface area (Å²) in [6, 6.07) is 15.7. The van der Waals surface area contributed by atoms with Crippen LogP contribution < -0.4 is 4.74 Å². The summed E-state index contributed by atoms with van der Waals surface area (Å²) < 4.78 is 5.31. The van der Waals surface area contributed by atoms with Crippen LogP contribution in [0.3, 0.4) is 0 Å². The number of methoxy groups -OCH3 is 1. The highest BCUT2D eigenvalue weighted by Crippen LogP contribution is 2.46. The third kappa shape index (κ3) is 1.73. The molecule has 2 unspecified atom stereocenters. The molecule has 22 heavy (non-hydrogen) atoms. The number of benzene rings is 2. The minimum absolute atomic E-state index is 0.0255. The first-order chi connectivity index (χ1) is 10.7. The Morgan fingerprint density at radius 1 is 1.18 bits per heavy atom. The Hall–Kier alpha value is -2.49. The molecule has 1 aliphatic carbocycles. The predicted molar refractivity (Wildman–Crippen MR) is 82.7 cm³/mol. The number of Topliss-reactive ketones (excluding diaryl/α,β-unsaturated/α-hetero) is 1. The van der Waals surface area contributed by atoms with Crippen molar-refractivity contribution in [3.05, 3.63) is 65.2 Å². The summed E-state index contributed by atoms with van der Waals surface area (Å²) in [4.78, 5) is 13.0. The minimum Gasteiger partial charge on any atom is -0.497 e. The normalized spacial score (nSPS) is 25.7. The summed E-state index contributed by atoms with van der Waals surface area (Å²) in [6.07, 6.45) is 0.632. The van der Waals surface area contributed by atoms with E-state index < -0.39 is 5.54 Å². The first-order valence-corrected chi connectivity index (χ1v) is 7.40. The SMILES string of the molecule is COc1cccc(C2CN=NC23Cc2ccccc2C3=O)c1. The maximum absolute atomic E-state index is 13.0. The van der Waals surface area contributed by atoms with E-state index in [0.717, 1.165) is 22.4 Å². The third-order valence-corrected chi connectivity index (χ3v) is 4.70. The van der Waals surface area contributed by atoms with Crippen molar-refractivity contribution in [2.45, 2.75) is 17.9 Å². The van der Waals surface area contributed by atoms with Crippen molar-refractivity contribution < 1.29 is 9.53 Å². The average Bonchev–Trinajstić information content (AvgIpc) is 3.11. The van der Waals surface area contributed by atoms with Crippen molar-refractivity contribution >= 4 is 5.78 Å². The highest BCUT2D eigenvalue weighted by Gasteiger charge is 2.54. The summed E-state index contributed by atoms with van der Waals surface area (Å²) in [5.41, 5.74) is 2.15. The molecule has 4 rings (SSSR count). The zero-order valence-corrected chi connectivity index (χ0v) is 12.3. The molecule has 0 aromatic heterocycles. The quantitative estimate of drug-likeness (QED) is 0.851. The molecule has 0 saturated heterocycles. The fraction of sp³-hybridized carbons (Fsp3) is 0.278. The molecule has 0 radical (unpaired) electrons. The minimum atomic E-state index is -0.768. The van der Waals surface area contributed by atoms with Gasteiger partial charge in [-0.1, -0.05) is 36.4 Å². The van der Waals surface area contributed by atoms with E-state index in [1.165, 1.54) is 0 Å². The van der Waals surface area contributed by atoms with Gasteiger partial charge in [0, 0.05) is 17.9 Å². The number of rotatable bonds is 2. The number of ether oxygens (including phenoxy) is 1. The second kappa shape index (κ2) is 4.77. The number of hydrogen-bond donors (Lipinski definition) is 0. The van der Waals surface area contributed by atoms with Gasteiger partial charge in [0.1, 0.15) is 5.75 Å². The van der Waals surface area contributed by atoms with Gasteiger partial charge in [0.15, 0.2) is 11.3 Å². The van der Waals surface area contributed by atoms with Crippen molar-refractivity contribution in [2.24, 2.45) is 10.2 Å². The maximum Gasteiger partial charge on any atom is 0.193 e. The van der Waals surface area contributed by atoms with Gasteiger partial charge in [0.2, 0.25) is 0 Å². The van der Waals surface area contributed by atoms with E-state index in [1.54, 1.807) is 7.11 Å². The van der Waals surface area contributed by atoms with Gasteiger partial charge in [-0.05, 0) is 23.3 Å². The van der Waals surface area contributed by atoms with Gasteiger partial charge < -0.3 is 4.74 Å². The van der Waals surface area contributed by atoms with Gasteiger partial charge in [-0.3, -0.25) is 4.79 Å². The molecule has 2 aliphatic rings. The summed E-state index contributed by atoms with van der Waals surface area (Å²) >= 11 is 0. The molecule has 0 bridgehead atoms. The van der Waals surface area contributed by atoms with Gasteiger partial charge in [-0.2, -0.15) is 10.2 Å². The van der Waals surface area contributed by atoms with E-state index in [1.807, 2.05) is 48.5 Å².